The predicted octanol–water partition coefficient (Wildman–Crippen LogP) is 1.65. The first-order chi connectivity index (χ1) is 8.58. The van der Waals surface area contributed by atoms with Crippen molar-refractivity contribution >= 4 is 5.97 Å². The smallest absolute Gasteiger partial charge is 0.323 e. The highest BCUT2D eigenvalue weighted by Crippen LogP contribution is 2.17. The van der Waals surface area contributed by atoms with Crippen molar-refractivity contribution < 1.29 is 9.53 Å². The molecule has 106 valence electrons. The number of hydrogen-bond acceptors (Lipinski definition) is 4. The molecule has 0 saturated carbocycles. The van der Waals surface area contributed by atoms with Gasteiger partial charge in [-0.3, -0.25) is 4.79 Å². The Morgan fingerprint density at radius 2 is 2.17 bits per heavy atom. The van der Waals surface area contributed by atoms with E-state index in [1.54, 1.807) is 0 Å². The summed E-state index contributed by atoms with van der Waals surface area (Å²) in [6.07, 6.45) is 2.02. The lowest BCUT2D eigenvalue weighted by atomic mass is 10.1. The third kappa shape index (κ3) is 4.58. The minimum atomic E-state index is -0.141. The van der Waals surface area contributed by atoms with Crippen LogP contribution in [0, 0.1) is 5.92 Å². The van der Waals surface area contributed by atoms with Crippen molar-refractivity contribution in [2.75, 3.05) is 26.2 Å². The predicted molar refractivity (Wildman–Crippen MR) is 73.5 cm³/mol. The van der Waals surface area contributed by atoms with E-state index in [0.29, 0.717) is 18.6 Å². The molecule has 4 heteroatoms. The summed E-state index contributed by atoms with van der Waals surface area (Å²) in [5.74, 6) is 0.551. The van der Waals surface area contributed by atoms with Gasteiger partial charge in [0.05, 0.1) is 6.61 Å². The Balaban J connectivity index is 2.29. The van der Waals surface area contributed by atoms with Gasteiger partial charge >= 0.3 is 5.97 Å². The zero-order chi connectivity index (χ0) is 13.5. The summed E-state index contributed by atoms with van der Waals surface area (Å²) < 4.78 is 5.06. The summed E-state index contributed by atoms with van der Waals surface area (Å²) in [4.78, 5) is 14.2. The van der Waals surface area contributed by atoms with Crippen LogP contribution < -0.4 is 5.32 Å². The minimum absolute atomic E-state index is 0.112. The Morgan fingerprint density at radius 3 is 2.67 bits per heavy atom. The summed E-state index contributed by atoms with van der Waals surface area (Å²) in [5, 5.41) is 3.35. The molecule has 1 saturated heterocycles. The number of esters is 1. The molecule has 1 fully saturated rings. The largest absolute Gasteiger partial charge is 0.465 e. The van der Waals surface area contributed by atoms with Crippen LogP contribution in [0.1, 0.15) is 40.5 Å². The van der Waals surface area contributed by atoms with Gasteiger partial charge in [0.2, 0.25) is 0 Å². The fourth-order valence-electron chi connectivity index (χ4n) is 2.44. The molecular formula is C14H28N2O2. The first kappa shape index (κ1) is 15.4. The second-order valence-corrected chi connectivity index (χ2v) is 5.36. The summed E-state index contributed by atoms with van der Waals surface area (Å²) in [5.41, 5.74) is 0. The molecular weight excluding hydrogens is 228 g/mol. The maximum absolute atomic E-state index is 11.7. The molecule has 0 amide bonds. The van der Waals surface area contributed by atoms with Crippen LogP contribution in [0.3, 0.4) is 0 Å². The van der Waals surface area contributed by atoms with Crippen LogP contribution in [-0.4, -0.2) is 49.2 Å². The summed E-state index contributed by atoms with van der Waals surface area (Å²) in [6, 6.07) is 0.486. The van der Waals surface area contributed by atoms with Crippen LogP contribution in [0.5, 0.6) is 0 Å². The van der Waals surface area contributed by atoms with E-state index < -0.39 is 0 Å². The molecule has 0 aliphatic carbocycles. The normalized spacial score (nSPS) is 22.4. The topological polar surface area (TPSA) is 41.6 Å². The van der Waals surface area contributed by atoms with E-state index in [1.165, 1.54) is 13.0 Å². The highest BCUT2D eigenvalue weighted by molar-refractivity contribution is 5.75. The molecule has 18 heavy (non-hydrogen) atoms. The Hall–Kier alpha value is -0.610. The molecule has 0 spiro atoms. The summed E-state index contributed by atoms with van der Waals surface area (Å²) in [7, 11) is 0. The average molecular weight is 256 g/mol. The molecule has 1 rings (SSSR count). The zero-order valence-corrected chi connectivity index (χ0v) is 12.2. The highest BCUT2D eigenvalue weighted by Gasteiger charge is 2.25. The van der Waals surface area contributed by atoms with E-state index in [2.05, 4.69) is 24.1 Å². The van der Waals surface area contributed by atoms with Gasteiger partial charge < -0.3 is 15.0 Å². The summed E-state index contributed by atoms with van der Waals surface area (Å²) >= 11 is 0. The van der Waals surface area contributed by atoms with E-state index in [-0.39, 0.29) is 12.0 Å². The van der Waals surface area contributed by atoms with Crippen molar-refractivity contribution in [3.63, 3.8) is 0 Å². The van der Waals surface area contributed by atoms with Crippen molar-refractivity contribution in [2.45, 2.75) is 52.6 Å². The maximum Gasteiger partial charge on any atom is 0.323 e. The quantitative estimate of drug-likeness (QED) is 0.703. The number of nitrogens with one attached hydrogen (secondary N) is 1. The van der Waals surface area contributed by atoms with E-state index in [4.69, 9.17) is 4.74 Å². The van der Waals surface area contributed by atoms with Crippen LogP contribution in [0.15, 0.2) is 0 Å². The number of rotatable bonds is 7. The Bertz CT molecular complexity index is 256. The zero-order valence-electron chi connectivity index (χ0n) is 12.2. The van der Waals surface area contributed by atoms with Crippen molar-refractivity contribution in [3.05, 3.63) is 0 Å². The van der Waals surface area contributed by atoms with Gasteiger partial charge in [-0.15, -0.1) is 0 Å². The Morgan fingerprint density at radius 1 is 1.44 bits per heavy atom. The molecule has 2 unspecified atom stereocenters. The number of carbonyl (C=O) groups is 1. The molecule has 1 aliphatic rings. The lowest BCUT2D eigenvalue weighted by Gasteiger charge is -2.21. The van der Waals surface area contributed by atoms with Crippen molar-refractivity contribution in [2.24, 2.45) is 5.92 Å². The number of carbonyl (C=O) groups excluding carboxylic acids is 1. The lowest BCUT2D eigenvalue weighted by Crippen LogP contribution is -2.40. The molecule has 0 bridgehead atoms. The van der Waals surface area contributed by atoms with E-state index in [1.807, 2.05) is 13.8 Å². The van der Waals surface area contributed by atoms with E-state index >= 15 is 0 Å². The second-order valence-electron chi connectivity index (χ2n) is 5.36. The number of nitrogens with zero attached hydrogens (tertiary/aromatic N) is 1. The van der Waals surface area contributed by atoms with Gasteiger partial charge in [0.15, 0.2) is 0 Å². The second kappa shape index (κ2) is 7.74. The molecule has 0 radical (unpaired) electrons. The van der Waals surface area contributed by atoms with Crippen molar-refractivity contribution in [3.8, 4) is 0 Å². The van der Waals surface area contributed by atoms with Gasteiger partial charge in [0, 0.05) is 19.1 Å². The molecule has 1 N–H and O–H groups in total. The van der Waals surface area contributed by atoms with Gasteiger partial charge in [-0.2, -0.15) is 0 Å². The molecule has 0 aromatic carbocycles. The minimum Gasteiger partial charge on any atom is -0.465 e. The Labute approximate surface area is 111 Å². The number of ether oxygens (including phenoxy) is 1. The van der Waals surface area contributed by atoms with Crippen LogP contribution in [0.25, 0.3) is 0 Å². The molecule has 4 nitrogen and oxygen atoms in total. The number of likely N-dealkylation sites (tertiary alicyclic amines) is 1. The third-order valence-corrected chi connectivity index (χ3v) is 3.68. The van der Waals surface area contributed by atoms with Crippen LogP contribution in [0.4, 0.5) is 0 Å². The van der Waals surface area contributed by atoms with Gasteiger partial charge in [0.25, 0.3) is 0 Å². The first-order valence-electron chi connectivity index (χ1n) is 7.22. The van der Waals surface area contributed by atoms with Gasteiger partial charge in [-0.1, -0.05) is 6.92 Å². The lowest BCUT2D eigenvalue weighted by molar-refractivity contribution is -0.145. The Kier molecular flexibility index (Phi) is 6.65. The van der Waals surface area contributed by atoms with E-state index in [0.717, 1.165) is 19.5 Å². The highest BCUT2D eigenvalue weighted by atomic mass is 16.5. The molecule has 0 aromatic rings. The van der Waals surface area contributed by atoms with Crippen LogP contribution >= 0.6 is 0 Å². The summed E-state index contributed by atoms with van der Waals surface area (Å²) in [6.45, 7) is 12.0. The van der Waals surface area contributed by atoms with Gasteiger partial charge in [-0.25, -0.2) is 0 Å². The first-order valence-corrected chi connectivity index (χ1v) is 7.22. The van der Waals surface area contributed by atoms with E-state index in [9.17, 15) is 4.79 Å². The molecule has 1 aliphatic heterocycles. The monoisotopic (exact) mass is 256 g/mol. The third-order valence-electron chi connectivity index (χ3n) is 3.68. The standard InChI is InChI=1S/C14H28N2O2/c1-5-13(14(17)18-6-2)15-9-12-7-8-16(10-12)11(3)4/h11-13,15H,5-10H2,1-4H3. The van der Waals surface area contributed by atoms with Crippen LogP contribution in [0.2, 0.25) is 0 Å². The van der Waals surface area contributed by atoms with Crippen LogP contribution in [-0.2, 0) is 9.53 Å². The molecule has 1 heterocycles. The average Bonchev–Trinajstić information content (AvgIpc) is 2.79. The maximum atomic E-state index is 11.7. The van der Waals surface area contributed by atoms with Gasteiger partial charge in [0.1, 0.15) is 6.04 Å². The number of hydrogen-bond donors (Lipinski definition) is 1. The molecule has 2 atom stereocenters. The fourth-order valence-corrected chi connectivity index (χ4v) is 2.44. The SMILES string of the molecule is CCOC(=O)C(CC)NCC1CCN(C(C)C)C1. The van der Waals surface area contributed by atoms with Crippen molar-refractivity contribution in [1.29, 1.82) is 0 Å². The molecule has 0 aromatic heterocycles. The fraction of sp³-hybridized carbons (Fsp3) is 0.929. The van der Waals surface area contributed by atoms with Crippen molar-refractivity contribution in [1.82, 2.24) is 10.2 Å². The van der Waals surface area contributed by atoms with Gasteiger partial charge in [-0.05, 0) is 46.1 Å².